The second-order valence-corrected chi connectivity index (χ2v) is 2.93. The summed E-state index contributed by atoms with van der Waals surface area (Å²) >= 11 is 0. The highest BCUT2D eigenvalue weighted by molar-refractivity contribution is 5.94. The van der Waals surface area contributed by atoms with Crippen molar-refractivity contribution in [1.82, 2.24) is 0 Å². The topological polar surface area (TPSA) is 90.5 Å². The number of carboxylic acid groups (broad SMARTS) is 1. The lowest BCUT2D eigenvalue weighted by Gasteiger charge is -2.11. The molecule has 17 heavy (non-hydrogen) atoms. The molecule has 0 amide bonds. The fourth-order valence-electron chi connectivity index (χ4n) is 1.29. The molecule has 5 nitrogen and oxygen atoms in total. The highest BCUT2D eigenvalue weighted by Crippen LogP contribution is 2.26. The molecule has 0 aliphatic carbocycles. The third-order valence-corrected chi connectivity index (χ3v) is 1.97. The van der Waals surface area contributed by atoms with Crippen LogP contribution in [0.4, 0.5) is 8.78 Å². The summed E-state index contributed by atoms with van der Waals surface area (Å²) in [5.41, 5.74) is -1.04. The van der Waals surface area contributed by atoms with Crippen molar-refractivity contribution in [2.45, 2.75) is 13.2 Å². The fourth-order valence-corrected chi connectivity index (χ4v) is 1.29. The van der Waals surface area contributed by atoms with Crippen molar-refractivity contribution >= 4 is 5.97 Å². The van der Waals surface area contributed by atoms with Crippen LogP contribution in [0.1, 0.15) is 21.5 Å². The van der Waals surface area contributed by atoms with Gasteiger partial charge in [-0.3, -0.25) is 0 Å². The third-order valence-electron chi connectivity index (χ3n) is 1.97. The Morgan fingerprint density at radius 3 is 2.59 bits per heavy atom. The molecule has 0 aliphatic rings. The van der Waals surface area contributed by atoms with Crippen LogP contribution >= 0.6 is 0 Å². The van der Waals surface area contributed by atoms with Gasteiger partial charge >= 0.3 is 12.6 Å². The molecule has 0 unspecified atom stereocenters. The van der Waals surface area contributed by atoms with Crippen LogP contribution in [0.2, 0.25) is 0 Å². The molecule has 1 aromatic carbocycles. The smallest absolute Gasteiger partial charge is 0.387 e. The normalized spacial score (nSPS) is 10.1. The Balaban J connectivity index is 3.43. The highest BCUT2D eigenvalue weighted by Gasteiger charge is 2.22. The number of aliphatic hydroxyl groups is 1. The second kappa shape index (κ2) is 5.23. The minimum Gasteiger partial charge on any atom is -0.478 e. The predicted octanol–water partition coefficient (Wildman–Crippen LogP) is 1.35. The van der Waals surface area contributed by atoms with Gasteiger partial charge in [-0.05, 0) is 11.6 Å². The van der Waals surface area contributed by atoms with Gasteiger partial charge in [-0.2, -0.15) is 14.0 Å². The number of carbonyl (C=O) groups is 1. The number of aromatic carboxylic acids is 1. The molecule has 0 saturated carbocycles. The van der Waals surface area contributed by atoms with Gasteiger partial charge in [0.25, 0.3) is 0 Å². The molecule has 0 radical (unpaired) electrons. The average molecular weight is 243 g/mol. The lowest BCUT2D eigenvalue weighted by Crippen LogP contribution is -2.11. The van der Waals surface area contributed by atoms with E-state index in [1.54, 1.807) is 6.07 Å². The molecule has 2 N–H and O–H groups in total. The van der Waals surface area contributed by atoms with Gasteiger partial charge in [0.1, 0.15) is 17.4 Å². The molecular weight excluding hydrogens is 236 g/mol. The van der Waals surface area contributed by atoms with E-state index in [1.807, 2.05) is 0 Å². The van der Waals surface area contributed by atoms with E-state index in [1.165, 1.54) is 0 Å². The van der Waals surface area contributed by atoms with E-state index in [0.717, 1.165) is 12.1 Å². The molecule has 7 heteroatoms. The van der Waals surface area contributed by atoms with E-state index >= 15 is 0 Å². The summed E-state index contributed by atoms with van der Waals surface area (Å²) in [5, 5.41) is 26.5. The summed E-state index contributed by atoms with van der Waals surface area (Å²) < 4.78 is 28.1. The van der Waals surface area contributed by atoms with Gasteiger partial charge in [0.15, 0.2) is 0 Å². The van der Waals surface area contributed by atoms with Crippen molar-refractivity contribution in [2.75, 3.05) is 0 Å². The van der Waals surface area contributed by atoms with Gasteiger partial charge in [-0.1, -0.05) is 6.07 Å². The van der Waals surface area contributed by atoms with Crippen LogP contribution in [-0.4, -0.2) is 22.8 Å². The first-order valence-electron chi connectivity index (χ1n) is 4.36. The summed E-state index contributed by atoms with van der Waals surface area (Å²) in [6, 6.07) is 3.67. The maximum absolute atomic E-state index is 12.0. The van der Waals surface area contributed by atoms with E-state index < -0.39 is 36.1 Å². The third kappa shape index (κ3) is 2.68. The minimum absolute atomic E-state index is 0.0338. The van der Waals surface area contributed by atoms with E-state index in [4.69, 9.17) is 15.5 Å². The zero-order valence-corrected chi connectivity index (χ0v) is 8.35. The number of halogens is 2. The van der Waals surface area contributed by atoms with Gasteiger partial charge < -0.3 is 14.9 Å². The van der Waals surface area contributed by atoms with Crippen molar-refractivity contribution in [3.8, 4) is 11.8 Å². The quantitative estimate of drug-likeness (QED) is 0.832. The second-order valence-electron chi connectivity index (χ2n) is 2.93. The Kier molecular flexibility index (Phi) is 3.96. The molecular formula is C10H7F2NO4. The molecule has 90 valence electrons. The first-order valence-corrected chi connectivity index (χ1v) is 4.36. The van der Waals surface area contributed by atoms with Crippen LogP contribution in [-0.2, 0) is 6.61 Å². The summed E-state index contributed by atoms with van der Waals surface area (Å²) in [4.78, 5) is 10.9. The predicted molar refractivity (Wildman–Crippen MR) is 50.7 cm³/mol. The van der Waals surface area contributed by atoms with Gasteiger partial charge in [0, 0.05) is 0 Å². The lowest BCUT2D eigenvalue weighted by molar-refractivity contribution is -0.0503. The number of alkyl halides is 2. The van der Waals surface area contributed by atoms with Crippen LogP contribution in [0.5, 0.6) is 5.75 Å². The van der Waals surface area contributed by atoms with Crippen molar-refractivity contribution in [1.29, 1.82) is 5.26 Å². The Morgan fingerprint density at radius 1 is 1.53 bits per heavy atom. The van der Waals surface area contributed by atoms with E-state index in [2.05, 4.69) is 4.74 Å². The van der Waals surface area contributed by atoms with Crippen LogP contribution in [0.15, 0.2) is 12.1 Å². The number of rotatable bonds is 4. The molecule has 0 aromatic heterocycles. The summed E-state index contributed by atoms with van der Waals surface area (Å²) in [7, 11) is 0. The monoisotopic (exact) mass is 243 g/mol. The van der Waals surface area contributed by atoms with Crippen LogP contribution in [0.25, 0.3) is 0 Å². The van der Waals surface area contributed by atoms with E-state index in [-0.39, 0.29) is 5.56 Å². The van der Waals surface area contributed by atoms with E-state index in [0.29, 0.717) is 0 Å². The van der Waals surface area contributed by atoms with Crippen molar-refractivity contribution in [3.63, 3.8) is 0 Å². The standard InChI is InChI=1S/C10H7F2NO4/c11-10(12)17-7-2-1-5(4-14)6(3-13)8(7)9(15)16/h1-2,10,14H,4H2,(H,15,16). The van der Waals surface area contributed by atoms with Gasteiger partial charge in [0.2, 0.25) is 0 Å². The molecule has 0 atom stereocenters. The van der Waals surface area contributed by atoms with E-state index in [9.17, 15) is 13.6 Å². The summed E-state index contributed by atoms with van der Waals surface area (Å²) in [6.07, 6.45) is 0. The number of hydrogen-bond donors (Lipinski definition) is 2. The van der Waals surface area contributed by atoms with Crippen molar-refractivity contribution < 1.29 is 28.5 Å². The van der Waals surface area contributed by atoms with Crippen LogP contribution < -0.4 is 4.74 Å². The largest absolute Gasteiger partial charge is 0.478 e. The maximum atomic E-state index is 12.0. The number of aliphatic hydroxyl groups excluding tert-OH is 1. The van der Waals surface area contributed by atoms with Crippen LogP contribution in [0.3, 0.4) is 0 Å². The molecule has 0 bridgehead atoms. The Labute approximate surface area is 94.5 Å². The zero-order valence-electron chi connectivity index (χ0n) is 8.35. The molecule has 0 saturated heterocycles. The maximum Gasteiger partial charge on any atom is 0.387 e. The minimum atomic E-state index is -3.19. The first-order chi connectivity index (χ1) is 8.01. The van der Waals surface area contributed by atoms with Crippen molar-refractivity contribution in [2.24, 2.45) is 0 Å². The molecule has 0 fully saturated rings. The highest BCUT2D eigenvalue weighted by atomic mass is 19.3. The first kappa shape index (κ1) is 12.9. The fraction of sp³-hybridized carbons (Fsp3) is 0.200. The average Bonchev–Trinajstić information content (AvgIpc) is 2.26. The molecule has 0 heterocycles. The molecule has 1 aromatic rings. The lowest BCUT2D eigenvalue weighted by atomic mass is 10.0. The Hall–Kier alpha value is -2.20. The number of nitriles is 1. The molecule has 0 aliphatic heterocycles. The summed E-state index contributed by atoms with van der Waals surface area (Å²) in [6.45, 7) is -3.77. The van der Waals surface area contributed by atoms with Gasteiger partial charge in [0.05, 0.1) is 12.2 Å². The Bertz CT molecular complexity index is 482. The SMILES string of the molecule is N#Cc1c(CO)ccc(OC(F)F)c1C(=O)O. The van der Waals surface area contributed by atoms with Gasteiger partial charge in [-0.25, -0.2) is 4.79 Å². The molecule has 1 rings (SSSR count). The number of carboxylic acids is 1. The van der Waals surface area contributed by atoms with Crippen LogP contribution in [0, 0.1) is 11.3 Å². The number of nitrogens with zero attached hydrogens (tertiary/aromatic N) is 1. The zero-order chi connectivity index (χ0) is 13.0. The van der Waals surface area contributed by atoms with Gasteiger partial charge in [-0.15, -0.1) is 0 Å². The van der Waals surface area contributed by atoms with Crippen molar-refractivity contribution in [3.05, 3.63) is 28.8 Å². The summed E-state index contributed by atoms with van der Waals surface area (Å²) in [5.74, 6) is -2.19. The number of ether oxygens (including phenoxy) is 1. The molecule has 0 spiro atoms. The number of hydrogen-bond acceptors (Lipinski definition) is 4. The number of benzene rings is 1. The Morgan fingerprint density at radius 2 is 2.18 bits per heavy atom.